The average molecular weight is 986 g/mol. The van der Waals surface area contributed by atoms with Crippen LogP contribution in [0.25, 0.3) is 0 Å². The molecule has 9 N–H and O–H groups in total. The van der Waals surface area contributed by atoms with Crippen molar-refractivity contribution in [3.63, 3.8) is 0 Å². The zero-order valence-corrected chi connectivity index (χ0v) is 43.3. The zero-order chi connectivity index (χ0) is 50.3. The van der Waals surface area contributed by atoms with Crippen LogP contribution < -0.4 is 5.32 Å². The van der Waals surface area contributed by atoms with Crippen LogP contribution in [0.3, 0.4) is 0 Å². The molecule has 14 heteroatoms. The largest absolute Gasteiger partial charge is 0.394 e. The Bertz CT molecular complexity index is 1260. The van der Waals surface area contributed by atoms with Crippen molar-refractivity contribution in [2.75, 3.05) is 19.8 Å². The summed E-state index contributed by atoms with van der Waals surface area (Å²) in [5.41, 5.74) is 0. The molecule has 2 rings (SSSR count). The predicted molar refractivity (Wildman–Crippen MR) is 272 cm³/mol. The molecule has 2 fully saturated rings. The van der Waals surface area contributed by atoms with E-state index in [9.17, 15) is 45.6 Å². The molecular weight excluding hydrogens is 883 g/mol. The summed E-state index contributed by atoms with van der Waals surface area (Å²) in [4.78, 5) is 13.2. The fourth-order valence-corrected chi connectivity index (χ4v) is 9.29. The van der Waals surface area contributed by atoms with Crippen molar-refractivity contribution in [2.24, 2.45) is 0 Å². The van der Waals surface area contributed by atoms with Crippen LogP contribution in [0.4, 0.5) is 0 Å². The lowest BCUT2D eigenvalue weighted by Crippen LogP contribution is -2.65. The number of nitrogens with one attached hydrogen (secondary N) is 1. The molecule has 0 radical (unpaired) electrons. The average Bonchev–Trinajstić information content (AvgIpc) is 3.35. The number of carbonyl (C=O) groups is 1. The van der Waals surface area contributed by atoms with Crippen molar-refractivity contribution in [1.29, 1.82) is 0 Å². The summed E-state index contributed by atoms with van der Waals surface area (Å²) in [5, 5.41) is 86.6. The van der Waals surface area contributed by atoms with Crippen LogP contribution in [0.2, 0.25) is 0 Å². The van der Waals surface area contributed by atoms with E-state index in [0.29, 0.717) is 6.42 Å². The summed E-state index contributed by atoms with van der Waals surface area (Å²) in [7, 11) is 0. The Hall–Kier alpha value is -1.53. The second kappa shape index (κ2) is 41.9. The normalized spacial score (nSPS) is 26.3. The fraction of sp³-hybridized carbons (Fsp3) is 0.909. The summed E-state index contributed by atoms with van der Waals surface area (Å²) in [6.45, 7) is 2.75. The van der Waals surface area contributed by atoms with Crippen LogP contribution in [-0.4, -0.2) is 140 Å². The highest BCUT2D eigenvalue weighted by atomic mass is 16.7. The van der Waals surface area contributed by atoms with E-state index in [4.69, 9.17) is 18.9 Å². The highest BCUT2D eigenvalue weighted by molar-refractivity contribution is 5.76. The molecule has 1 amide bonds. The minimum absolute atomic E-state index is 0.241. The number of hydrogen-bond donors (Lipinski definition) is 9. The third kappa shape index (κ3) is 28.5. The Morgan fingerprint density at radius 3 is 1.38 bits per heavy atom. The van der Waals surface area contributed by atoms with Gasteiger partial charge in [0.1, 0.15) is 48.8 Å². The van der Waals surface area contributed by atoms with Crippen LogP contribution >= 0.6 is 0 Å². The Kier molecular flexibility index (Phi) is 38.6. The first-order chi connectivity index (χ1) is 33.6. The molecule has 0 bridgehead atoms. The first-order valence-electron chi connectivity index (χ1n) is 28.1. The molecule has 2 heterocycles. The van der Waals surface area contributed by atoms with E-state index in [0.717, 1.165) is 44.9 Å². The molecule has 0 aromatic carbocycles. The number of aliphatic hydroxyl groups is 8. The first kappa shape index (κ1) is 63.6. The van der Waals surface area contributed by atoms with Crippen molar-refractivity contribution in [3.8, 4) is 0 Å². The molecule has 0 aromatic heterocycles. The standard InChI is InChI=1S/C55H103NO13/c1-3-5-7-9-11-13-14-15-16-17-18-19-20-21-22-23-24-25-26-27-28-29-30-31-33-35-37-39-47(60)56-43(44(59)38-36-34-32-12-10-8-6-4-2)42-66-54-52(65)50(63)53(46(41-58)68-54)69-55-51(64)49(62)48(61)45(40-57)67-55/h17-18,36,38,43-46,48-55,57-59,61-65H,3-16,19-35,37,39-42H2,1-2H3,(H,56,60)/b18-17-,38-36+. The number of amides is 1. The van der Waals surface area contributed by atoms with Gasteiger partial charge in [0.2, 0.25) is 5.91 Å². The molecule has 0 spiro atoms. The van der Waals surface area contributed by atoms with Crippen LogP contribution in [0.1, 0.15) is 226 Å². The molecule has 2 saturated heterocycles. The van der Waals surface area contributed by atoms with Crippen LogP contribution in [0, 0.1) is 0 Å². The highest BCUT2D eigenvalue weighted by Gasteiger charge is 2.51. The fourth-order valence-electron chi connectivity index (χ4n) is 9.29. The Labute approximate surface area is 418 Å². The molecule has 406 valence electrons. The molecule has 2 aliphatic heterocycles. The molecule has 14 nitrogen and oxygen atoms in total. The van der Waals surface area contributed by atoms with E-state index in [1.165, 1.54) is 154 Å². The van der Waals surface area contributed by atoms with Crippen molar-refractivity contribution >= 4 is 5.91 Å². The molecule has 2 aliphatic rings. The zero-order valence-electron chi connectivity index (χ0n) is 43.3. The van der Waals surface area contributed by atoms with Crippen molar-refractivity contribution in [2.45, 2.75) is 299 Å². The van der Waals surface area contributed by atoms with Gasteiger partial charge >= 0.3 is 0 Å². The van der Waals surface area contributed by atoms with E-state index in [-0.39, 0.29) is 18.9 Å². The van der Waals surface area contributed by atoms with Crippen LogP contribution in [-0.2, 0) is 23.7 Å². The topological polar surface area (TPSA) is 228 Å². The lowest BCUT2D eigenvalue weighted by molar-refractivity contribution is -0.359. The van der Waals surface area contributed by atoms with Crippen molar-refractivity contribution in [3.05, 3.63) is 24.3 Å². The van der Waals surface area contributed by atoms with E-state index in [2.05, 4.69) is 31.3 Å². The number of rotatable bonds is 44. The number of aliphatic hydroxyl groups excluding tert-OH is 8. The number of unbranched alkanes of at least 4 members (excludes halogenated alkanes) is 29. The highest BCUT2D eigenvalue weighted by Crippen LogP contribution is 2.30. The first-order valence-corrected chi connectivity index (χ1v) is 28.1. The smallest absolute Gasteiger partial charge is 0.220 e. The molecular formula is C55H103NO13. The van der Waals surface area contributed by atoms with Crippen molar-refractivity contribution < 1.29 is 64.6 Å². The van der Waals surface area contributed by atoms with Crippen molar-refractivity contribution in [1.82, 2.24) is 5.32 Å². The maximum atomic E-state index is 13.2. The Morgan fingerprint density at radius 1 is 0.507 bits per heavy atom. The number of hydrogen-bond acceptors (Lipinski definition) is 13. The summed E-state index contributed by atoms with van der Waals surface area (Å²) in [5.74, 6) is -0.241. The number of carbonyl (C=O) groups excluding carboxylic acids is 1. The van der Waals surface area contributed by atoms with Gasteiger partial charge in [0.05, 0.1) is 32.0 Å². The quantitative estimate of drug-likeness (QED) is 0.0206. The second-order valence-electron chi connectivity index (χ2n) is 20.1. The monoisotopic (exact) mass is 986 g/mol. The van der Waals surface area contributed by atoms with Gasteiger partial charge < -0.3 is 65.1 Å². The van der Waals surface area contributed by atoms with Gasteiger partial charge in [-0.25, -0.2) is 0 Å². The maximum Gasteiger partial charge on any atom is 0.220 e. The summed E-state index contributed by atoms with van der Waals surface area (Å²) in [6.07, 6.45) is 31.2. The van der Waals surface area contributed by atoms with E-state index >= 15 is 0 Å². The Morgan fingerprint density at radius 2 is 0.913 bits per heavy atom. The molecule has 12 unspecified atom stereocenters. The molecule has 69 heavy (non-hydrogen) atoms. The minimum Gasteiger partial charge on any atom is -0.394 e. The van der Waals surface area contributed by atoms with E-state index < -0.39 is 86.8 Å². The summed E-state index contributed by atoms with van der Waals surface area (Å²) < 4.78 is 22.7. The van der Waals surface area contributed by atoms with Gasteiger partial charge in [-0.2, -0.15) is 0 Å². The van der Waals surface area contributed by atoms with Gasteiger partial charge in [0, 0.05) is 6.42 Å². The van der Waals surface area contributed by atoms with E-state index in [1.54, 1.807) is 6.08 Å². The molecule has 0 saturated carbocycles. The van der Waals surface area contributed by atoms with Gasteiger partial charge in [-0.05, 0) is 44.9 Å². The summed E-state index contributed by atoms with van der Waals surface area (Å²) in [6, 6.07) is -0.909. The minimum atomic E-state index is -1.79. The maximum absolute atomic E-state index is 13.2. The van der Waals surface area contributed by atoms with Gasteiger partial charge in [0.15, 0.2) is 12.6 Å². The Balaban J connectivity index is 1.66. The summed E-state index contributed by atoms with van der Waals surface area (Å²) >= 11 is 0. The van der Waals surface area contributed by atoms with Gasteiger partial charge in [0.25, 0.3) is 0 Å². The molecule has 12 atom stereocenters. The third-order valence-electron chi connectivity index (χ3n) is 13.9. The van der Waals surface area contributed by atoms with Gasteiger partial charge in [-0.1, -0.05) is 199 Å². The third-order valence-corrected chi connectivity index (χ3v) is 13.9. The van der Waals surface area contributed by atoms with Crippen LogP contribution in [0.15, 0.2) is 24.3 Å². The second-order valence-corrected chi connectivity index (χ2v) is 20.1. The van der Waals surface area contributed by atoms with E-state index in [1.807, 2.05) is 6.08 Å². The lowest BCUT2D eigenvalue weighted by atomic mass is 9.97. The van der Waals surface area contributed by atoms with Gasteiger partial charge in [-0.15, -0.1) is 0 Å². The molecule has 0 aliphatic carbocycles. The molecule has 0 aromatic rings. The number of allylic oxidation sites excluding steroid dienone is 3. The lowest BCUT2D eigenvalue weighted by Gasteiger charge is -2.46. The van der Waals surface area contributed by atoms with Gasteiger partial charge in [-0.3, -0.25) is 4.79 Å². The van der Waals surface area contributed by atoms with Crippen LogP contribution in [0.5, 0.6) is 0 Å². The number of ether oxygens (including phenoxy) is 4. The SMILES string of the molecule is CCCCCCCC/C=C/C(O)C(COC1OC(CO)C(OC2OC(CO)C(O)C(O)C2O)C(O)C1O)NC(=O)CCCCCCCCCCCCCCCCC/C=C\CCCCCCCCCC. The predicted octanol–water partition coefficient (Wildman–Crippen LogP) is 8.50.